The number of carbonyl (C=O) groups is 1. The molecule has 1 nitrogen and oxygen atoms in total. The maximum atomic E-state index is 12.7. The molecule has 6 atom stereocenters. The number of hydrogen-bond donors (Lipinski definition) is 0. The molecule has 1 saturated heterocycles. The van der Waals surface area contributed by atoms with Crippen LogP contribution in [0.3, 0.4) is 0 Å². The van der Waals surface area contributed by atoms with E-state index in [1.165, 1.54) is 56.5 Å². The minimum Gasteiger partial charge on any atom is -0.299 e. The van der Waals surface area contributed by atoms with Crippen molar-refractivity contribution in [2.24, 2.45) is 34.5 Å². The van der Waals surface area contributed by atoms with Crippen molar-refractivity contribution in [3.8, 4) is 0 Å². The number of Topliss-reactive ketones (excluding diaryl/α,β-unsaturated/α-hetero) is 1. The number of ketones is 1. The van der Waals surface area contributed by atoms with Crippen LogP contribution < -0.4 is 0 Å². The first-order valence-electron chi connectivity index (χ1n) is 11.5. The van der Waals surface area contributed by atoms with Crippen LogP contribution in [0.2, 0.25) is 0 Å². The first-order chi connectivity index (χ1) is 12.9. The quantitative estimate of drug-likeness (QED) is 0.475. The van der Waals surface area contributed by atoms with Crippen molar-refractivity contribution in [1.29, 1.82) is 0 Å². The van der Waals surface area contributed by atoms with Gasteiger partial charge < -0.3 is 0 Å². The summed E-state index contributed by atoms with van der Waals surface area (Å²) in [7, 11) is 0. The van der Waals surface area contributed by atoms with Gasteiger partial charge >= 0.3 is 0 Å². The monoisotopic (exact) mass is 404 g/mol. The van der Waals surface area contributed by atoms with Gasteiger partial charge in [0.25, 0.3) is 0 Å². The Morgan fingerprint density at radius 3 is 2.52 bits per heavy atom. The predicted octanol–water partition coefficient (Wildman–Crippen LogP) is 6.72. The molecule has 0 N–H and O–H groups in total. The average molecular weight is 405 g/mol. The van der Waals surface area contributed by atoms with Crippen LogP contribution in [0.25, 0.3) is 0 Å². The van der Waals surface area contributed by atoms with Crippen LogP contribution >= 0.6 is 23.5 Å². The van der Waals surface area contributed by atoms with E-state index < -0.39 is 0 Å². The molecular formula is C24H36OS2. The highest BCUT2D eigenvalue weighted by Crippen LogP contribution is 2.68. The standard InChI is InChI=1S/C24H36OS2/c1-4-5-16-14-17-18-6-7-21(25)23(18,3)9-8-19(17)22(2)10-11-24(15-20(16)22)26-12-13-27-24/h15-19H,4-14H2,1-3H3/t16-,17-,18-,19-,22+,23-/m0/s1. The average Bonchev–Trinajstić information content (AvgIpc) is 3.22. The number of allylic oxidation sites excluding steroid dienone is 1. The molecule has 5 rings (SSSR count). The van der Waals surface area contributed by atoms with E-state index in [1.54, 1.807) is 0 Å². The summed E-state index contributed by atoms with van der Waals surface area (Å²) in [5.74, 6) is 6.33. The summed E-state index contributed by atoms with van der Waals surface area (Å²) in [6, 6.07) is 0. The lowest BCUT2D eigenvalue weighted by Gasteiger charge is -2.60. The van der Waals surface area contributed by atoms with Crippen molar-refractivity contribution in [3.05, 3.63) is 11.6 Å². The first kappa shape index (κ1) is 19.1. The van der Waals surface area contributed by atoms with E-state index in [2.05, 4.69) is 50.4 Å². The SMILES string of the molecule is CCC[C@H]1C[C@@H]2[C@H](CC[C@]3(C)C(=O)CC[C@@H]23)[C@@]2(C)CCC3(C=C12)SCCS3. The van der Waals surface area contributed by atoms with E-state index in [9.17, 15) is 4.79 Å². The number of rotatable bonds is 2. The minimum atomic E-state index is 0.0164. The number of fused-ring (bicyclic) bond motifs is 5. The third kappa shape index (κ3) is 2.69. The molecule has 3 saturated carbocycles. The Morgan fingerprint density at radius 2 is 1.78 bits per heavy atom. The molecule has 3 heteroatoms. The molecule has 1 aliphatic heterocycles. The Bertz CT molecular complexity index is 663. The second-order valence-corrected chi connectivity index (χ2v) is 13.7. The smallest absolute Gasteiger partial charge is 0.139 e. The highest BCUT2D eigenvalue weighted by Gasteiger charge is 2.61. The third-order valence-corrected chi connectivity index (χ3v) is 12.8. The fourth-order valence-corrected chi connectivity index (χ4v) is 11.1. The van der Waals surface area contributed by atoms with E-state index in [1.807, 2.05) is 5.57 Å². The van der Waals surface area contributed by atoms with Gasteiger partial charge in [0.2, 0.25) is 0 Å². The maximum absolute atomic E-state index is 12.7. The van der Waals surface area contributed by atoms with Crippen LogP contribution in [-0.4, -0.2) is 21.4 Å². The van der Waals surface area contributed by atoms with Gasteiger partial charge in [-0.05, 0) is 74.0 Å². The van der Waals surface area contributed by atoms with E-state index in [0.717, 1.165) is 30.6 Å². The molecule has 4 fully saturated rings. The van der Waals surface area contributed by atoms with Crippen molar-refractivity contribution < 1.29 is 4.79 Å². The highest BCUT2D eigenvalue weighted by atomic mass is 32.2. The van der Waals surface area contributed by atoms with Gasteiger partial charge in [0.1, 0.15) is 5.78 Å². The minimum absolute atomic E-state index is 0.0164. The second-order valence-electron chi connectivity index (χ2n) is 10.5. The molecule has 0 radical (unpaired) electrons. The van der Waals surface area contributed by atoms with Gasteiger partial charge in [0, 0.05) is 23.3 Å². The third-order valence-electron chi connectivity index (χ3n) is 9.40. The molecule has 0 aromatic carbocycles. The Morgan fingerprint density at radius 1 is 1.04 bits per heavy atom. The van der Waals surface area contributed by atoms with Crippen LogP contribution in [-0.2, 0) is 4.79 Å². The van der Waals surface area contributed by atoms with E-state index in [0.29, 0.717) is 21.2 Å². The van der Waals surface area contributed by atoms with Crippen LogP contribution in [0.4, 0.5) is 0 Å². The van der Waals surface area contributed by atoms with Crippen LogP contribution in [0, 0.1) is 34.5 Å². The normalized spacial score (nSPS) is 48.1. The van der Waals surface area contributed by atoms with Crippen molar-refractivity contribution in [1.82, 2.24) is 0 Å². The molecule has 4 aliphatic carbocycles. The molecule has 150 valence electrons. The van der Waals surface area contributed by atoms with Crippen molar-refractivity contribution >= 4 is 29.3 Å². The number of carbonyl (C=O) groups excluding carboxylic acids is 1. The topological polar surface area (TPSA) is 17.1 Å². The molecule has 5 aliphatic rings. The molecule has 0 aromatic heterocycles. The van der Waals surface area contributed by atoms with Gasteiger partial charge in [-0.3, -0.25) is 4.79 Å². The molecule has 0 amide bonds. The number of thioether (sulfide) groups is 2. The fourth-order valence-electron chi connectivity index (χ4n) is 7.99. The lowest BCUT2D eigenvalue weighted by molar-refractivity contribution is -0.133. The van der Waals surface area contributed by atoms with Gasteiger partial charge in [0.15, 0.2) is 0 Å². The Kier molecular flexibility index (Phi) is 4.64. The zero-order chi connectivity index (χ0) is 18.9. The summed E-state index contributed by atoms with van der Waals surface area (Å²) in [6.07, 6.45) is 14.1. The first-order valence-corrected chi connectivity index (χ1v) is 13.4. The lowest BCUT2D eigenvalue weighted by atomic mass is 9.45. The second kappa shape index (κ2) is 6.56. The summed E-state index contributed by atoms with van der Waals surface area (Å²) < 4.78 is 0.403. The molecule has 0 bridgehead atoms. The molecule has 0 unspecified atom stereocenters. The summed E-state index contributed by atoms with van der Waals surface area (Å²) in [5, 5.41) is 0. The summed E-state index contributed by atoms with van der Waals surface area (Å²) in [6.45, 7) is 7.33. The molecule has 0 aromatic rings. The number of hydrogen-bond acceptors (Lipinski definition) is 3. The largest absolute Gasteiger partial charge is 0.299 e. The van der Waals surface area contributed by atoms with Crippen LogP contribution in [0.1, 0.15) is 78.6 Å². The lowest BCUT2D eigenvalue weighted by Crippen LogP contribution is -2.53. The highest BCUT2D eigenvalue weighted by molar-refractivity contribution is 8.21. The zero-order valence-electron chi connectivity index (χ0n) is 17.4. The summed E-state index contributed by atoms with van der Waals surface area (Å²) in [4.78, 5) is 12.7. The van der Waals surface area contributed by atoms with E-state index in [-0.39, 0.29) is 5.41 Å². The van der Waals surface area contributed by atoms with Crippen molar-refractivity contribution in [3.63, 3.8) is 0 Å². The molecular weight excluding hydrogens is 368 g/mol. The fraction of sp³-hybridized carbons (Fsp3) is 0.875. The van der Waals surface area contributed by atoms with Gasteiger partial charge in [-0.15, -0.1) is 23.5 Å². The predicted molar refractivity (Wildman–Crippen MR) is 118 cm³/mol. The van der Waals surface area contributed by atoms with Gasteiger partial charge in [-0.1, -0.05) is 38.8 Å². The molecule has 27 heavy (non-hydrogen) atoms. The van der Waals surface area contributed by atoms with Crippen LogP contribution in [0.15, 0.2) is 11.6 Å². The van der Waals surface area contributed by atoms with Gasteiger partial charge in [-0.2, -0.15) is 0 Å². The molecule has 1 spiro atoms. The van der Waals surface area contributed by atoms with E-state index >= 15 is 0 Å². The zero-order valence-corrected chi connectivity index (χ0v) is 19.0. The summed E-state index contributed by atoms with van der Waals surface area (Å²) in [5.41, 5.74) is 2.28. The Labute approximate surface area is 174 Å². The Hall–Kier alpha value is 0.110. The van der Waals surface area contributed by atoms with Crippen molar-refractivity contribution in [2.75, 3.05) is 11.5 Å². The Balaban J connectivity index is 1.54. The van der Waals surface area contributed by atoms with E-state index in [4.69, 9.17) is 0 Å². The molecule has 1 heterocycles. The van der Waals surface area contributed by atoms with Crippen molar-refractivity contribution in [2.45, 2.75) is 82.6 Å². The maximum Gasteiger partial charge on any atom is 0.139 e. The summed E-state index contributed by atoms with van der Waals surface area (Å²) >= 11 is 4.45. The van der Waals surface area contributed by atoms with Gasteiger partial charge in [-0.25, -0.2) is 0 Å². The van der Waals surface area contributed by atoms with Gasteiger partial charge in [0.05, 0.1) is 4.08 Å². The van der Waals surface area contributed by atoms with Crippen LogP contribution in [0.5, 0.6) is 0 Å².